The van der Waals surface area contributed by atoms with Crippen LogP contribution in [0.1, 0.15) is 22.0 Å². The van der Waals surface area contributed by atoms with Crippen LogP contribution in [0.3, 0.4) is 0 Å². The first-order chi connectivity index (χ1) is 11.2. The van der Waals surface area contributed by atoms with Crippen molar-refractivity contribution in [2.24, 2.45) is 0 Å². The molecule has 1 atom stereocenters. The van der Waals surface area contributed by atoms with Crippen molar-refractivity contribution in [1.29, 1.82) is 0 Å². The number of methoxy groups -OCH3 is 1. The van der Waals surface area contributed by atoms with Gasteiger partial charge in [0.1, 0.15) is 6.10 Å². The average Bonchev–Trinajstić information content (AvgIpc) is 3.04. The maximum absolute atomic E-state index is 12.3. The first kappa shape index (κ1) is 15.6. The number of carbonyl (C=O) groups is 1. The van der Waals surface area contributed by atoms with E-state index in [2.05, 4.69) is 5.32 Å². The van der Waals surface area contributed by atoms with Crippen LogP contribution in [0.25, 0.3) is 0 Å². The zero-order valence-electron chi connectivity index (χ0n) is 12.5. The summed E-state index contributed by atoms with van der Waals surface area (Å²) in [6.07, 6.45) is -0.318. The third kappa shape index (κ3) is 3.41. The summed E-state index contributed by atoms with van der Waals surface area (Å²) < 4.78 is 15.9. The predicted molar refractivity (Wildman–Crippen MR) is 86.1 cm³/mol. The molecule has 0 spiro atoms. The summed E-state index contributed by atoms with van der Waals surface area (Å²) in [7, 11) is 1.58. The molecule has 0 saturated heterocycles. The van der Waals surface area contributed by atoms with Crippen LogP contribution in [0.4, 0.5) is 0 Å². The number of halogens is 1. The lowest BCUT2D eigenvalue weighted by Gasteiger charge is -2.17. The molecular formula is C17H16ClNO4. The molecule has 2 aromatic carbocycles. The van der Waals surface area contributed by atoms with E-state index in [1.807, 2.05) is 18.2 Å². The van der Waals surface area contributed by atoms with Gasteiger partial charge < -0.3 is 19.5 Å². The molecule has 5 nitrogen and oxygen atoms in total. The summed E-state index contributed by atoms with van der Waals surface area (Å²) in [4.78, 5) is 12.3. The standard InChI is InChI=1S/C17H16ClNO4/c1-21-16(12-4-2-3-5-13(12)18)9-19-17(20)11-6-7-14-15(8-11)23-10-22-14/h2-8,16H,9-10H2,1H3,(H,19,20). The first-order valence-electron chi connectivity index (χ1n) is 7.14. The van der Waals surface area contributed by atoms with Gasteiger partial charge in [-0.1, -0.05) is 29.8 Å². The van der Waals surface area contributed by atoms with E-state index in [1.165, 1.54) is 0 Å². The van der Waals surface area contributed by atoms with E-state index >= 15 is 0 Å². The summed E-state index contributed by atoms with van der Waals surface area (Å²) in [5.74, 6) is 1.01. The molecule has 1 aliphatic heterocycles. The minimum absolute atomic E-state index is 0.179. The summed E-state index contributed by atoms with van der Waals surface area (Å²) in [6, 6.07) is 12.5. The molecule has 1 unspecified atom stereocenters. The molecule has 0 aromatic heterocycles. The molecule has 1 aliphatic rings. The van der Waals surface area contributed by atoms with Crippen LogP contribution in [-0.2, 0) is 4.74 Å². The van der Waals surface area contributed by atoms with Crippen molar-refractivity contribution in [3.8, 4) is 11.5 Å². The fraction of sp³-hybridized carbons (Fsp3) is 0.235. The maximum Gasteiger partial charge on any atom is 0.251 e. The monoisotopic (exact) mass is 333 g/mol. The van der Waals surface area contributed by atoms with Gasteiger partial charge in [0.25, 0.3) is 5.91 Å². The molecule has 2 aromatic rings. The van der Waals surface area contributed by atoms with Gasteiger partial charge in [0.2, 0.25) is 6.79 Å². The highest BCUT2D eigenvalue weighted by molar-refractivity contribution is 6.31. The fourth-order valence-electron chi connectivity index (χ4n) is 2.38. The zero-order valence-corrected chi connectivity index (χ0v) is 13.3. The molecule has 0 radical (unpaired) electrons. The lowest BCUT2D eigenvalue weighted by molar-refractivity contribution is 0.0828. The van der Waals surface area contributed by atoms with Crippen molar-refractivity contribution in [1.82, 2.24) is 5.32 Å². The number of benzene rings is 2. The van der Waals surface area contributed by atoms with E-state index < -0.39 is 0 Å². The Morgan fingerprint density at radius 1 is 1.26 bits per heavy atom. The Hall–Kier alpha value is -2.24. The summed E-state index contributed by atoms with van der Waals surface area (Å²) in [5.41, 5.74) is 1.34. The second-order valence-corrected chi connectivity index (χ2v) is 5.43. The summed E-state index contributed by atoms with van der Waals surface area (Å²) in [6.45, 7) is 0.492. The van der Waals surface area contributed by atoms with E-state index in [9.17, 15) is 4.79 Å². The molecule has 3 rings (SSSR count). The third-order valence-corrected chi connectivity index (χ3v) is 3.96. The van der Waals surface area contributed by atoms with Crippen molar-refractivity contribution in [3.05, 3.63) is 58.6 Å². The molecule has 1 N–H and O–H groups in total. The van der Waals surface area contributed by atoms with Crippen LogP contribution in [0.5, 0.6) is 11.5 Å². The fourth-order valence-corrected chi connectivity index (χ4v) is 2.64. The Bertz CT molecular complexity index is 719. The van der Waals surface area contributed by atoms with Crippen LogP contribution in [0.2, 0.25) is 5.02 Å². The molecule has 0 aliphatic carbocycles. The summed E-state index contributed by atoms with van der Waals surface area (Å²) >= 11 is 6.17. The highest BCUT2D eigenvalue weighted by Crippen LogP contribution is 2.32. The van der Waals surface area contributed by atoms with Gasteiger partial charge in [-0.2, -0.15) is 0 Å². The van der Waals surface area contributed by atoms with Gasteiger partial charge in [-0.05, 0) is 24.3 Å². The Labute approximate surface area is 139 Å². The quantitative estimate of drug-likeness (QED) is 0.913. The van der Waals surface area contributed by atoms with E-state index in [0.717, 1.165) is 5.56 Å². The Morgan fingerprint density at radius 2 is 2.04 bits per heavy atom. The van der Waals surface area contributed by atoms with Gasteiger partial charge in [-0.25, -0.2) is 0 Å². The van der Waals surface area contributed by atoms with Crippen molar-refractivity contribution >= 4 is 17.5 Å². The minimum Gasteiger partial charge on any atom is -0.454 e. The molecule has 1 amide bonds. The van der Waals surface area contributed by atoms with Crippen molar-refractivity contribution in [2.75, 3.05) is 20.4 Å². The number of amides is 1. The van der Waals surface area contributed by atoms with Crippen LogP contribution >= 0.6 is 11.6 Å². The molecule has 0 fully saturated rings. The number of hydrogen-bond donors (Lipinski definition) is 1. The Morgan fingerprint density at radius 3 is 2.83 bits per heavy atom. The van der Waals surface area contributed by atoms with Crippen LogP contribution in [0.15, 0.2) is 42.5 Å². The third-order valence-electron chi connectivity index (χ3n) is 3.62. The van der Waals surface area contributed by atoms with E-state index in [-0.39, 0.29) is 18.8 Å². The number of fused-ring (bicyclic) bond motifs is 1. The van der Waals surface area contributed by atoms with Gasteiger partial charge in [-0.15, -0.1) is 0 Å². The lowest BCUT2D eigenvalue weighted by atomic mass is 10.1. The van der Waals surface area contributed by atoms with Crippen LogP contribution in [-0.4, -0.2) is 26.4 Å². The Kier molecular flexibility index (Phi) is 4.69. The second-order valence-electron chi connectivity index (χ2n) is 5.02. The predicted octanol–water partition coefficient (Wildman–Crippen LogP) is 3.19. The SMILES string of the molecule is COC(CNC(=O)c1ccc2c(c1)OCO2)c1ccccc1Cl. The average molecular weight is 334 g/mol. The number of rotatable bonds is 5. The van der Waals surface area contributed by atoms with Gasteiger partial charge in [0.05, 0.1) is 0 Å². The minimum atomic E-state index is -0.318. The normalized spacial score (nSPS) is 13.7. The molecule has 6 heteroatoms. The van der Waals surface area contributed by atoms with Crippen molar-refractivity contribution in [2.45, 2.75) is 6.10 Å². The molecule has 0 bridgehead atoms. The highest BCUT2D eigenvalue weighted by Gasteiger charge is 2.18. The molecule has 23 heavy (non-hydrogen) atoms. The molecule has 120 valence electrons. The zero-order chi connectivity index (χ0) is 16.2. The lowest BCUT2D eigenvalue weighted by Crippen LogP contribution is -2.29. The van der Waals surface area contributed by atoms with Gasteiger partial charge in [0.15, 0.2) is 11.5 Å². The molecule has 0 saturated carbocycles. The highest BCUT2D eigenvalue weighted by atomic mass is 35.5. The van der Waals surface area contributed by atoms with Crippen LogP contribution in [0, 0.1) is 0 Å². The number of ether oxygens (including phenoxy) is 3. The van der Waals surface area contributed by atoms with Gasteiger partial charge in [-0.3, -0.25) is 4.79 Å². The van der Waals surface area contributed by atoms with Gasteiger partial charge in [0, 0.05) is 29.8 Å². The summed E-state index contributed by atoms with van der Waals surface area (Å²) in [5, 5.41) is 3.46. The Balaban J connectivity index is 1.67. The van der Waals surface area contributed by atoms with Crippen molar-refractivity contribution in [3.63, 3.8) is 0 Å². The smallest absolute Gasteiger partial charge is 0.251 e. The number of hydrogen-bond acceptors (Lipinski definition) is 4. The maximum atomic E-state index is 12.3. The number of nitrogens with one attached hydrogen (secondary N) is 1. The number of carbonyl (C=O) groups excluding carboxylic acids is 1. The van der Waals surface area contributed by atoms with Crippen molar-refractivity contribution < 1.29 is 19.0 Å². The van der Waals surface area contributed by atoms with Crippen LogP contribution < -0.4 is 14.8 Å². The topological polar surface area (TPSA) is 56.8 Å². The van der Waals surface area contributed by atoms with Gasteiger partial charge >= 0.3 is 0 Å². The molecular weight excluding hydrogens is 318 g/mol. The van der Waals surface area contributed by atoms with E-state index in [0.29, 0.717) is 28.6 Å². The largest absolute Gasteiger partial charge is 0.454 e. The van der Waals surface area contributed by atoms with E-state index in [1.54, 1.807) is 31.4 Å². The second kappa shape index (κ2) is 6.89. The van der Waals surface area contributed by atoms with E-state index in [4.69, 9.17) is 25.8 Å². The molecule has 1 heterocycles. The first-order valence-corrected chi connectivity index (χ1v) is 7.52.